The first-order chi connectivity index (χ1) is 10.3. The first kappa shape index (κ1) is 16.0. The number of amides is 1. The fraction of sp³-hybridized carbons (Fsp3) is 0.750. The summed E-state index contributed by atoms with van der Waals surface area (Å²) in [4.78, 5) is 23.6. The van der Waals surface area contributed by atoms with Crippen LogP contribution in [0.2, 0.25) is 0 Å². The van der Waals surface area contributed by atoms with Crippen molar-refractivity contribution in [2.24, 2.45) is 0 Å². The number of rotatable bonds is 7. The van der Waals surface area contributed by atoms with Gasteiger partial charge in [0.05, 0.1) is 0 Å². The molecule has 2 heterocycles. The van der Waals surface area contributed by atoms with Crippen LogP contribution < -0.4 is 0 Å². The quantitative estimate of drug-likeness (QED) is 0.786. The highest BCUT2D eigenvalue weighted by atomic mass is 16.2. The minimum atomic E-state index is 0.0266. The van der Waals surface area contributed by atoms with E-state index in [4.69, 9.17) is 0 Å². The molecule has 0 saturated carbocycles. The molecule has 118 valence electrons. The first-order valence-electron chi connectivity index (χ1n) is 8.29. The van der Waals surface area contributed by atoms with Gasteiger partial charge in [-0.15, -0.1) is 0 Å². The summed E-state index contributed by atoms with van der Waals surface area (Å²) in [5.74, 6) is 0.483. The minimum absolute atomic E-state index is 0.0266. The van der Waals surface area contributed by atoms with Gasteiger partial charge in [0.2, 0.25) is 0 Å². The van der Waals surface area contributed by atoms with Crippen LogP contribution in [-0.2, 0) is 0 Å². The van der Waals surface area contributed by atoms with Crippen molar-refractivity contribution in [3.8, 4) is 0 Å². The standard InChI is InChI=1S/C16H28N4O/c1-3-5-6-7-14(4-2)19-10-12-20(13-11-19)16(21)15-17-8-9-18-15/h8-9,14H,3-7,10-13H2,1-2H3,(H,17,18). The molecular weight excluding hydrogens is 264 g/mol. The summed E-state index contributed by atoms with van der Waals surface area (Å²) in [6.07, 6.45) is 9.75. The average molecular weight is 292 g/mol. The van der Waals surface area contributed by atoms with Crippen molar-refractivity contribution in [1.29, 1.82) is 0 Å². The van der Waals surface area contributed by atoms with Crippen LogP contribution in [0.5, 0.6) is 0 Å². The fourth-order valence-corrected chi connectivity index (χ4v) is 3.10. The molecule has 1 aromatic rings. The molecule has 1 N–H and O–H groups in total. The molecule has 1 aromatic heterocycles. The molecule has 5 nitrogen and oxygen atoms in total. The molecule has 1 atom stereocenters. The Balaban J connectivity index is 1.80. The van der Waals surface area contributed by atoms with E-state index in [-0.39, 0.29) is 5.91 Å². The van der Waals surface area contributed by atoms with Gasteiger partial charge in [-0.3, -0.25) is 9.69 Å². The molecule has 0 radical (unpaired) electrons. The molecule has 1 fully saturated rings. The van der Waals surface area contributed by atoms with Gasteiger partial charge in [-0.2, -0.15) is 0 Å². The Kier molecular flexibility index (Phi) is 6.23. The van der Waals surface area contributed by atoms with Crippen LogP contribution in [0.4, 0.5) is 0 Å². The molecule has 1 unspecified atom stereocenters. The van der Waals surface area contributed by atoms with E-state index < -0.39 is 0 Å². The normalized spacial score (nSPS) is 17.9. The lowest BCUT2D eigenvalue weighted by Crippen LogP contribution is -2.52. The highest BCUT2D eigenvalue weighted by Crippen LogP contribution is 2.16. The SMILES string of the molecule is CCCCCC(CC)N1CCN(C(=O)c2ncc[nH]2)CC1. The number of aromatic amines is 1. The van der Waals surface area contributed by atoms with E-state index >= 15 is 0 Å². The Hall–Kier alpha value is -1.36. The number of carbonyl (C=O) groups excluding carboxylic acids is 1. The highest BCUT2D eigenvalue weighted by Gasteiger charge is 2.26. The Morgan fingerprint density at radius 3 is 2.62 bits per heavy atom. The molecule has 1 amide bonds. The average Bonchev–Trinajstić information content (AvgIpc) is 3.06. The summed E-state index contributed by atoms with van der Waals surface area (Å²) in [5, 5.41) is 0. The van der Waals surface area contributed by atoms with Crippen LogP contribution in [0.15, 0.2) is 12.4 Å². The molecular formula is C16H28N4O. The second-order valence-electron chi connectivity index (χ2n) is 5.82. The Bertz CT molecular complexity index is 410. The van der Waals surface area contributed by atoms with E-state index in [1.807, 2.05) is 4.90 Å². The van der Waals surface area contributed by atoms with E-state index in [0.29, 0.717) is 11.9 Å². The van der Waals surface area contributed by atoms with E-state index in [9.17, 15) is 4.79 Å². The van der Waals surface area contributed by atoms with E-state index in [0.717, 1.165) is 26.2 Å². The lowest BCUT2D eigenvalue weighted by atomic mass is 10.0. The molecule has 2 rings (SSSR count). The van der Waals surface area contributed by atoms with Crippen LogP contribution in [0.25, 0.3) is 0 Å². The first-order valence-corrected chi connectivity index (χ1v) is 8.29. The number of aromatic nitrogens is 2. The molecule has 1 saturated heterocycles. The minimum Gasteiger partial charge on any atom is -0.341 e. The van der Waals surface area contributed by atoms with Gasteiger partial charge in [0.25, 0.3) is 5.91 Å². The summed E-state index contributed by atoms with van der Waals surface area (Å²) in [7, 11) is 0. The smallest absolute Gasteiger partial charge is 0.289 e. The number of carbonyl (C=O) groups is 1. The summed E-state index contributed by atoms with van der Waals surface area (Å²) in [5.41, 5.74) is 0. The van der Waals surface area contributed by atoms with Crippen molar-refractivity contribution in [3.05, 3.63) is 18.2 Å². The third-order valence-corrected chi connectivity index (χ3v) is 4.43. The summed E-state index contributed by atoms with van der Waals surface area (Å²) >= 11 is 0. The topological polar surface area (TPSA) is 52.2 Å². The van der Waals surface area contributed by atoms with Crippen LogP contribution in [0.3, 0.4) is 0 Å². The number of hydrogen-bond donors (Lipinski definition) is 1. The van der Waals surface area contributed by atoms with Crippen molar-refractivity contribution >= 4 is 5.91 Å². The summed E-state index contributed by atoms with van der Waals surface area (Å²) in [6.45, 7) is 8.11. The molecule has 21 heavy (non-hydrogen) atoms. The predicted molar refractivity (Wildman–Crippen MR) is 84.3 cm³/mol. The third-order valence-electron chi connectivity index (χ3n) is 4.43. The number of nitrogens with zero attached hydrogens (tertiary/aromatic N) is 3. The van der Waals surface area contributed by atoms with Crippen molar-refractivity contribution < 1.29 is 4.79 Å². The lowest BCUT2D eigenvalue weighted by molar-refractivity contribution is 0.0542. The van der Waals surface area contributed by atoms with Crippen LogP contribution in [0.1, 0.15) is 56.6 Å². The zero-order chi connectivity index (χ0) is 15.1. The van der Waals surface area contributed by atoms with Crippen molar-refractivity contribution in [2.45, 2.75) is 52.0 Å². The second-order valence-corrected chi connectivity index (χ2v) is 5.82. The number of imidazole rings is 1. The van der Waals surface area contributed by atoms with E-state index in [2.05, 4.69) is 28.7 Å². The number of piperazine rings is 1. The number of nitrogens with one attached hydrogen (secondary N) is 1. The largest absolute Gasteiger partial charge is 0.341 e. The summed E-state index contributed by atoms with van der Waals surface area (Å²) < 4.78 is 0. The second kappa shape index (κ2) is 8.17. The molecule has 1 aliphatic rings. The van der Waals surface area contributed by atoms with Gasteiger partial charge in [-0.25, -0.2) is 4.98 Å². The highest BCUT2D eigenvalue weighted by molar-refractivity contribution is 5.90. The maximum Gasteiger partial charge on any atom is 0.289 e. The van der Waals surface area contributed by atoms with Crippen LogP contribution in [0, 0.1) is 0 Å². The molecule has 0 spiro atoms. The van der Waals surface area contributed by atoms with Crippen LogP contribution >= 0.6 is 0 Å². The number of H-pyrrole nitrogens is 1. The van der Waals surface area contributed by atoms with Crippen molar-refractivity contribution in [2.75, 3.05) is 26.2 Å². The third kappa shape index (κ3) is 4.30. The molecule has 0 aromatic carbocycles. The van der Waals surface area contributed by atoms with Gasteiger partial charge in [-0.05, 0) is 12.8 Å². The number of hydrogen-bond acceptors (Lipinski definition) is 3. The zero-order valence-corrected chi connectivity index (χ0v) is 13.3. The molecule has 0 bridgehead atoms. The van der Waals surface area contributed by atoms with Crippen molar-refractivity contribution in [3.63, 3.8) is 0 Å². The molecule has 1 aliphatic heterocycles. The van der Waals surface area contributed by atoms with Gasteiger partial charge in [0, 0.05) is 44.6 Å². The van der Waals surface area contributed by atoms with Gasteiger partial charge in [-0.1, -0.05) is 33.1 Å². The van der Waals surface area contributed by atoms with Gasteiger partial charge in [0.15, 0.2) is 5.82 Å². The maximum absolute atomic E-state index is 12.2. The maximum atomic E-state index is 12.2. The zero-order valence-electron chi connectivity index (χ0n) is 13.3. The van der Waals surface area contributed by atoms with Gasteiger partial charge < -0.3 is 9.88 Å². The van der Waals surface area contributed by atoms with Gasteiger partial charge in [0.1, 0.15) is 0 Å². The lowest BCUT2D eigenvalue weighted by Gasteiger charge is -2.39. The van der Waals surface area contributed by atoms with Crippen molar-refractivity contribution in [1.82, 2.24) is 19.8 Å². The van der Waals surface area contributed by atoms with Crippen LogP contribution in [-0.4, -0.2) is 57.9 Å². The van der Waals surface area contributed by atoms with E-state index in [1.165, 1.54) is 32.1 Å². The van der Waals surface area contributed by atoms with Gasteiger partial charge >= 0.3 is 0 Å². The number of unbranched alkanes of at least 4 members (excludes halogenated alkanes) is 2. The monoisotopic (exact) mass is 292 g/mol. The predicted octanol–water partition coefficient (Wildman–Crippen LogP) is 2.53. The molecule has 5 heteroatoms. The van der Waals surface area contributed by atoms with E-state index in [1.54, 1.807) is 12.4 Å². The Morgan fingerprint density at radius 2 is 2.05 bits per heavy atom. The Labute approximate surface area is 127 Å². The Morgan fingerprint density at radius 1 is 1.29 bits per heavy atom. The summed E-state index contributed by atoms with van der Waals surface area (Å²) in [6, 6.07) is 0.678. The fourth-order valence-electron chi connectivity index (χ4n) is 3.10. The molecule has 0 aliphatic carbocycles.